The standard InChI is InChI=1S/C13H12N6O2/c1-8-6-9(2)19-13(15-8)16-11(18-19)12(20)17-14-7-10-4-3-5-21-10/h3-7H,1-2H3,(H,17,20)/b14-7+. The van der Waals surface area contributed by atoms with Gasteiger partial charge >= 0.3 is 5.91 Å². The van der Waals surface area contributed by atoms with Crippen molar-refractivity contribution in [3.63, 3.8) is 0 Å². The Labute approximate surface area is 119 Å². The van der Waals surface area contributed by atoms with Crippen LogP contribution in [0.4, 0.5) is 0 Å². The molecule has 8 nitrogen and oxygen atoms in total. The summed E-state index contributed by atoms with van der Waals surface area (Å²) in [7, 11) is 0. The molecular weight excluding hydrogens is 272 g/mol. The van der Waals surface area contributed by atoms with E-state index in [2.05, 4.69) is 25.6 Å². The number of hydrazone groups is 1. The zero-order chi connectivity index (χ0) is 14.8. The van der Waals surface area contributed by atoms with E-state index in [9.17, 15) is 4.79 Å². The highest BCUT2D eigenvalue weighted by atomic mass is 16.3. The third kappa shape index (κ3) is 2.64. The molecule has 0 fully saturated rings. The van der Waals surface area contributed by atoms with Crippen molar-refractivity contribution in [3.05, 3.63) is 47.4 Å². The minimum Gasteiger partial charge on any atom is -0.463 e. The highest BCUT2D eigenvalue weighted by molar-refractivity contribution is 5.91. The van der Waals surface area contributed by atoms with Crippen molar-refractivity contribution in [1.82, 2.24) is 25.0 Å². The molecule has 0 bridgehead atoms. The Morgan fingerprint density at radius 1 is 1.43 bits per heavy atom. The predicted molar refractivity (Wildman–Crippen MR) is 74.0 cm³/mol. The van der Waals surface area contributed by atoms with E-state index in [1.807, 2.05) is 19.9 Å². The molecular formula is C13H12N6O2. The smallest absolute Gasteiger partial charge is 0.311 e. The van der Waals surface area contributed by atoms with E-state index in [1.54, 1.807) is 12.1 Å². The number of carbonyl (C=O) groups excluding carboxylic acids is 1. The normalized spacial score (nSPS) is 11.3. The Morgan fingerprint density at radius 2 is 2.29 bits per heavy atom. The molecule has 3 aromatic rings. The molecule has 21 heavy (non-hydrogen) atoms. The first-order valence-corrected chi connectivity index (χ1v) is 6.21. The number of amides is 1. The number of fused-ring (bicyclic) bond motifs is 1. The van der Waals surface area contributed by atoms with Gasteiger partial charge in [-0.1, -0.05) is 0 Å². The maximum Gasteiger partial charge on any atom is 0.311 e. The summed E-state index contributed by atoms with van der Waals surface area (Å²) in [4.78, 5) is 20.2. The highest BCUT2D eigenvalue weighted by Gasteiger charge is 2.14. The first-order chi connectivity index (χ1) is 10.1. The van der Waals surface area contributed by atoms with Gasteiger partial charge in [0.1, 0.15) is 5.76 Å². The Kier molecular flexibility index (Phi) is 3.19. The molecule has 106 valence electrons. The summed E-state index contributed by atoms with van der Waals surface area (Å²) in [6, 6.07) is 5.30. The van der Waals surface area contributed by atoms with Gasteiger partial charge in [0.05, 0.1) is 12.5 Å². The summed E-state index contributed by atoms with van der Waals surface area (Å²) in [6.07, 6.45) is 2.91. The maximum absolute atomic E-state index is 11.9. The van der Waals surface area contributed by atoms with E-state index >= 15 is 0 Å². The van der Waals surface area contributed by atoms with Crippen molar-refractivity contribution in [2.45, 2.75) is 13.8 Å². The molecule has 3 rings (SSSR count). The average molecular weight is 284 g/mol. The quantitative estimate of drug-likeness (QED) is 0.573. The first-order valence-electron chi connectivity index (χ1n) is 6.21. The Bertz CT molecular complexity index is 819. The average Bonchev–Trinajstić information content (AvgIpc) is 3.07. The minimum atomic E-state index is -0.514. The van der Waals surface area contributed by atoms with Crippen LogP contribution in [0, 0.1) is 13.8 Å². The lowest BCUT2D eigenvalue weighted by Gasteiger charge is -1.97. The van der Waals surface area contributed by atoms with Crippen LogP contribution in [0.15, 0.2) is 34.0 Å². The van der Waals surface area contributed by atoms with E-state index in [-0.39, 0.29) is 5.82 Å². The van der Waals surface area contributed by atoms with Gasteiger partial charge in [0, 0.05) is 11.4 Å². The van der Waals surface area contributed by atoms with Crippen molar-refractivity contribution in [2.24, 2.45) is 5.10 Å². The third-order valence-corrected chi connectivity index (χ3v) is 2.72. The van der Waals surface area contributed by atoms with Crippen LogP contribution < -0.4 is 5.43 Å². The van der Waals surface area contributed by atoms with Gasteiger partial charge in [0.25, 0.3) is 5.78 Å². The zero-order valence-corrected chi connectivity index (χ0v) is 11.4. The number of furan rings is 1. The molecule has 1 amide bonds. The fourth-order valence-corrected chi connectivity index (χ4v) is 1.83. The molecule has 0 saturated carbocycles. The van der Waals surface area contributed by atoms with Gasteiger partial charge in [-0.3, -0.25) is 4.79 Å². The van der Waals surface area contributed by atoms with Gasteiger partial charge in [0.15, 0.2) is 0 Å². The van der Waals surface area contributed by atoms with E-state index in [0.717, 1.165) is 11.4 Å². The fourth-order valence-electron chi connectivity index (χ4n) is 1.83. The molecule has 3 aromatic heterocycles. The molecule has 0 aliphatic rings. The van der Waals surface area contributed by atoms with Crippen LogP contribution in [0.2, 0.25) is 0 Å². The second kappa shape index (κ2) is 5.16. The summed E-state index contributed by atoms with van der Waals surface area (Å²) < 4.78 is 6.56. The number of hydrogen-bond acceptors (Lipinski definition) is 6. The number of hydrogen-bond donors (Lipinski definition) is 1. The monoisotopic (exact) mass is 284 g/mol. The number of rotatable bonds is 3. The minimum absolute atomic E-state index is 0.00722. The molecule has 0 radical (unpaired) electrons. The van der Waals surface area contributed by atoms with Gasteiger partial charge in [-0.15, -0.1) is 5.10 Å². The number of carbonyl (C=O) groups is 1. The van der Waals surface area contributed by atoms with Crippen LogP contribution in [0.1, 0.15) is 27.8 Å². The molecule has 8 heteroatoms. The van der Waals surface area contributed by atoms with Gasteiger partial charge in [-0.2, -0.15) is 10.1 Å². The SMILES string of the molecule is Cc1cc(C)n2nc(C(=O)N/N=C/c3ccco3)nc2n1. The Morgan fingerprint density at radius 3 is 3.05 bits per heavy atom. The zero-order valence-electron chi connectivity index (χ0n) is 11.4. The summed E-state index contributed by atoms with van der Waals surface area (Å²) in [6.45, 7) is 3.72. The number of aryl methyl sites for hydroxylation is 2. The molecule has 0 aromatic carbocycles. The number of nitrogens with one attached hydrogen (secondary N) is 1. The first kappa shape index (κ1) is 13.0. The van der Waals surface area contributed by atoms with Gasteiger partial charge in [-0.25, -0.2) is 14.9 Å². The van der Waals surface area contributed by atoms with E-state index in [0.29, 0.717) is 11.5 Å². The lowest BCUT2D eigenvalue weighted by Crippen LogP contribution is -2.19. The summed E-state index contributed by atoms with van der Waals surface area (Å²) in [5.41, 5.74) is 4.00. The fraction of sp³-hybridized carbons (Fsp3) is 0.154. The van der Waals surface area contributed by atoms with E-state index < -0.39 is 5.91 Å². The summed E-state index contributed by atoms with van der Waals surface area (Å²) >= 11 is 0. The molecule has 0 aliphatic heterocycles. The van der Waals surface area contributed by atoms with Gasteiger partial charge in [-0.05, 0) is 32.0 Å². The van der Waals surface area contributed by atoms with Gasteiger partial charge < -0.3 is 4.42 Å². The second-order valence-corrected chi connectivity index (χ2v) is 4.40. The van der Waals surface area contributed by atoms with Crippen molar-refractivity contribution >= 4 is 17.9 Å². The third-order valence-electron chi connectivity index (χ3n) is 2.72. The Hall–Kier alpha value is -3.03. The van der Waals surface area contributed by atoms with Crippen LogP contribution in [0.25, 0.3) is 5.78 Å². The van der Waals surface area contributed by atoms with Crippen molar-refractivity contribution in [2.75, 3.05) is 0 Å². The van der Waals surface area contributed by atoms with Crippen molar-refractivity contribution in [3.8, 4) is 0 Å². The predicted octanol–water partition coefficient (Wildman–Crippen LogP) is 1.10. The maximum atomic E-state index is 11.9. The van der Waals surface area contributed by atoms with Crippen LogP contribution in [-0.2, 0) is 0 Å². The Balaban J connectivity index is 1.80. The lowest BCUT2D eigenvalue weighted by molar-refractivity contribution is 0.0945. The van der Waals surface area contributed by atoms with Crippen LogP contribution in [-0.4, -0.2) is 31.7 Å². The van der Waals surface area contributed by atoms with Crippen LogP contribution in [0.3, 0.4) is 0 Å². The second-order valence-electron chi connectivity index (χ2n) is 4.40. The topological polar surface area (TPSA) is 97.7 Å². The largest absolute Gasteiger partial charge is 0.463 e. The number of nitrogens with zero attached hydrogens (tertiary/aromatic N) is 5. The lowest BCUT2D eigenvalue weighted by atomic mass is 10.4. The highest BCUT2D eigenvalue weighted by Crippen LogP contribution is 2.05. The molecule has 0 saturated heterocycles. The summed E-state index contributed by atoms with van der Waals surface area (Å²) in [5.74, 6) is 0.409. The molecule has 0 atom stereocenters. The van der Waals surface area contributed by atoms with Crippen LogP contribution in [0.5, 0.6) is 0 Å². The number of aromatic nitrogens is 4. The van der Waals surface area contributed by atoms with Crippen molar-refractivity contribution < 1.29 is 9.21 Å². The van der Waals surface area contributed by atoms with Gasteiger partial charge in [0.2, 0.25) is 5.82 Å². The molecule has 0 unspecified atom stereocenters. The molecule has 1 N–H and O–H groups in total. The molecule has 0 spiro atoms. The van der Waals surface area contributed by atoms with Crippen LogP contribution >= 0.6 is 0 Å². The van der Waals surface area contributed by atoms with E-state index in [4.69, 9.17) is 4.42 Å². The summed E-state index contributed by atoms with van der Waals surface area (Å²) in [5, 5.41) is 7.87. The molecule has 0 aliphatic carbocycles. The van der Waals surface area contributed by atoms with E-state index in [1.165, 1.54) is 17.0 Å². The molecule has 3 heterocycles. The van der Waals surface area contributed by atoms with Crippen molar-refractivity contribution in [1.29, 1.82) is 0 Å².